The van der Waals surface area contributed by atoms with E-state index in [1.54, 1.807) is 6.07 Å². The molecule has 0 aliphatic heterocycles. The van der Waals surface area contributed by atoms with E-state index in [2.05, 4.69) is 4.74 Å². The summed E-state index contributed by atoms with van der Waals surface area (Å²) in [5.74, 6) is -1.52. The summed E-state index contributed by atoms with van der Waals surface area (Å²) in [6.07, 6.45) is -5.09. The molecule has 1 atom stereocenters. The average Bonchev–Trinajstić information content (AvgIpc) is 2.52. The lowest BCUT2D eigenvalue weighted by Gasteiger charge is -2.16. The summed E-state index contributed by atoms with van der Waals surface area (Å²) in [5.41, 5.74) is 0.127. The molecule has 1 unspecified atom stereocenters. The number of para-hydroxylation sites is 1. The molecule has 25 heavy (non-hydrogen) atoms. The molecular weight excluding hydrogens is 364 g/mol. The van der Waals surface area contributed by atoms with Crippen LogP contribution in [0.15, 0.2) is 53.4 Å². The maximum atomic E-state index is 12.9. The van der Waals surface area contributed by atoms with Gasteiger partial charge in [-0.05, 0) is 29.8 Å². The molecule has 5 nitrogen and oxygen atoms in total. The Bertz CT molecular complexity index is 890. The lowest BCUT2D eigenvalue weighted by molar-refractivity contribution is -0.275. The molecule has 0 aliphatic carbocycles. The molecule has 0 heterocycles. The fraction of sp³-hybridized carbons (Fsp3) is 0.133. The summed E-state index contributed by atoms with van der Waals surface area (Å²) in [6, 6.07) is 8.76. The summed E-state index contributed by atoms with van der Waals surface area (Å²) in [4.78, 5) is -0.783. The summed E-state index contributed by atoms with van der Waals surface area (Å²) in [5, 5.41) is 9.13. The lowest BCUT2D eigenvalue weighted by Crippen LogP contribution is -2.29. The van der Waals surface area contributed by atoms with Crippen LogP contribution in [0.4, 0.5) is 17.6 Å². The Kier molecular flexibility index (Phi) is 5.30. The van der Waals surface area contributed by atoms with Gasteiger partial charge in [-0.25, -0.2) is 12.8 Å². The van der Waals surface area contributed by atoms with Crippen LogP contribution >= 0.6 is 0 Å². The van der Waals surface area contributed by atoms with Gasteiger partial charge in [0.1, 0.15) is 22.5 Å². The molecule has 0 fully saturated rings. The maximum Gasteiger partial charge on any atom is 0.573 e. The highest BCUT2D eigenvalue weighted by molar-refractivity contribution is 7.89. The van der Waals surface area contributed by atoms with E-state index in [9.17, 15) is 26.0 Å². The zero-order valence-corrected chi connectivity index (χ0v) is 13.1. The van der Waals surface area contributed by atoms with Gasteiger partial charge in [0.15, 0.2) is 0 Å². The molecule has 2 aromatic rings. The fourth-order valence-corrected chi connectivity index (χ4v) is 3.18. The molecule has 132 valence electrons. The van der Waals surface area contributed by atoms with E-state index in [1.165, 1.54) is 24.3 Å². The number of benzene rings is 2. The van der Waals surface area contributed by atoms with E-state index in [1.807, 2.05) is 4.72 Å². The number of halogens is 4. The van der Waals surface area contributed by atoms with Crippen LogP contribution in [-0.2, 0) is 10.0 Å². The zero-order valence-electron chi connectivity index (χ0n) is 12.3. The van der Waals surface area contributed by atoms with Crippen LogP contribution in [0.1, 0.15) is 11.6 Å². The van der Waals surface area contributed by atoms with Crippen LogP contribution in [0.25, 0.3) is 0 Å². The number of hydrogen-bond acceptors (Lipinski definition) is 4. The quantitative estimate of drug-likeness (QED) is 0.815. The molecule has 10 heteroatoms. The van der Waals surface area contributed by atoms with E-state index in [0.717, 1.165) is 24.3 Å². The number of rotatable bonds is 5. The van der Waals surface area contributed by atoms with E-state index in [4.69, 9.17) is 5.26 Å². The molecule has 0 radical (unpaired) electrons. The average molecular weight is 374 g/mol. The minimum atomic E-state index is -5.09. The molecule has 0 spiro atoms. The number of nitrogens with one attached hydrogen (secondary N) is 1. The van der Waals surface area contributed by atoms with Gasteiger partial charge in [-0.3, -0.25) is 0 Å². The van der Waals surface area contributed by atoms with Crippen molar-refractivity contribution in [3.05, 3.63) is 59.9 Å². The van der Waals surface area contributed by atoms with Crippen molar-refractivity contribution in [3.8, 4) is 11.8 Å². The molecule has 0 bridgehead atoms. The summed E-state index contributed by atoms with van der Waals surface area (Å²) in [6.45, 7) is 0. The van der Waals surface area contributed by atoms with Crippen LogP contribution < -0.4 is 9.46 Å². The van der Waals surface area contributed by atoms with Crippen molar-refractivity contribution in [2.24, 2.45) is 0 Å². The Hall–Kier alpha value is -2.64. The summed E-state index contributed by atoms with van der Waals surface area (Å²) >= 11 is 0. The lowest BCUT2D eigenvalue weighted by atomic mass is 10.1. The first-order chi connectivity index (χ1) is 11.6. The smallest absolute Gasteiger partial charge is 0.404 e. The van der Waals surface area contributed by atoms with Gasteiger partial charge in [0.05, 0.1) is 6.07 Å². The minimum Gasteiger partial charge on any atom is -0.404 e. The highest BCUT2D eigenvalue weighted by Gasteiger charge is 2.34. The third-order valence-corrected chi connectivity index (χ3v) is 4.43. The SMILES string of the molecule is N#CC(NS(=O)(=O)c1ccccc1OC(F)(F)F)c1ccc(F)cc1. The van der Waals surface area contributed by atoms with Crippen molar-refractivity contribution in [2.75, 3.05) is 0 Å². The monoisotopic (exact) mass is 374 g/mol. The van der Waals surface area contributed by atoms with Gasteiger partial charge in [0.2, 0.25) is 10.0 Å². The van der Waals surface area contributed by atoms with Crippen LogP contribution in [0.5, 0.6) is 5.75 Å². The van der Waals surface area contributed by atoms with Gasteiger partial charge in [-0.15, -0.1) is 13.2 Å². The molecule has 0 aromatic heterocycles. The van der Waals surface area contributed by atoms with Gasteiger partial charge in [0.25, 0.3) is 0 Å². The Balaban J connectivity index is 2.36. The zero-order chi connectivity index (χ0) is 18.7. The van der Waals surface area contributed by atoms with Crippen molar-refractivity contribution in [2.45, 2.75) is 17.3 Å². The van der Waals surface area contributed by atoms with E-state index < -0.39 is 38.9 Å². The molecule has 0 amide bonds. The van der Waals surface area contributed by atoms with Crippen molar-refractivity contribution >= 4 is 10.0 Å². The number of nitrogens with zero attached hydrogens (tertiary/aromatic N) is 1. The number of nitriles is 1. The van der Waals surface area contributed by atoms with Gasteiger partial charge < -0.3 is 4.74 Å². The van der Waals surface area contributed by atoms with Gasteiger partial charge in [-0.1, -0.05) is 24.3 Å². The van der Waals surface area contributed by atoms with E-state index in [-0.39, 0.29) is 5.56 Å². The summed E-state index contributed by atoms with van der Waals surface area (Å²) in [7, 11) is -4.52. The van der Waals surface area contributed by atoms with Gasteiger partial charge in [-0.2, -0.15) is 9.98 Å². The highest BCUT2D eigenvalue weighted by Crippen LogP contribution is 2.30. The van der Waals surface area contributed by atoms with Gasteiger partial charge in [0, 0.05) is 0 Å². The summed E-state index contributed by atoms with van der Waals surface area (Å²) < 4.78 is 80.6. The first-order valence-electron chi connectivity index (χ1n) is 6.64. The highest BCUT2D eigenvalue weighted by atomic mass is 32.2. The second-order valence-electron chi connectivity index (χ2n) is 4.73. The molecule has 0 saturated carbocycles. The standard InChI is InChI=1S/C15H10F4N2O3S/c16-11-7-5-10(6-8-11)12(9-20)21-25(22,23)14-4-2-1-3-13(14)24-15(17,18)19/h1-8,12,21H. The molecule has 1 N–H and O–H groups in total. The maximum absolute atomic E-state index is 12.9. The second kappa shape index (κ2) is 7.08. The van der Waals surface area contributed by atoms with Crippen molar-refractivity contribution in [1.29, 1.82) is 5.26 Å². The Morgan fingerprint density at radius 2 is 1.68 bits per heavy atom. The third-order valence-electron chi connectivity index (χ3n) is 2.97. The van der Waals surface area contributed by atoms with Crippen LogP contribution in [0.2, 0.25) is 0 Å². The largest absolute Gasteiger partial charge is 0.573 e. The number of sulfonamides is 1. The number of ether oxygens (including phenoxy) is 1. The van der Waals surface area contributed by atoms with Gasteiger partial charge >= 0.3 is 6.36 Å². The molecule has 0 saturated heterocycles. The van der Waals surface area contributed by atoms with Crippen molar-refractivity contribution in [3.63, 3.8) is 0 Å². The first kappa shape index (κ1) is 18.7. The van der Waals surface area contributed by atoms with E-state index >= 15 is 0 Å². The number of alkyl halides is 3. The first-order valence-corrected chi connectivity index (χ1v) is 8.13. The Morgan fingerprint density at radius 3 is 2.24 bits per heavy atom. The van der Waals surface area contributed by atoms with Crippen LogP contribution in [0, 0.1) is 17.1 Å². The molecule has 2 rings (SSSR count). The topological polar surface area (TPSA) is 79.2 Å². The van der Waals surface area contributed by atoms with Crippen LogP contribution in [0.3, 0.4) is 0 Å². The van der Waals surface area contributed by atoms with E-state index in [0.29, 0.717) is 0 Å². The fourth-order valence-electron chi connectivity index (χ4n) is 1.92. The van der Waals surface area contributed by atoms with Crippen molar-refractivity contribution < 1.29 is 30.7 Å². The minimum absolute atomic E-state index is 0.127. The molecule has 2 aromatic carbocycles. The molecule has 0 aliphatic rings. The Morgan fingerprint density at radius 1 is 1.08 bits per heavy atom. The third kappa shape index (κ3) is 4.91. The van der Waals surface area contributed by atoms with Crippen molar-refractivity contribution in [1.82, 2.24) is 4.72 Å². The normalized spacial score (nSPS) is 13.1. The predicted octanol–water partition coefficient (Wildman–Crippen LogP) is 3.27. The molecular formula is C15H10F4N2O3S. The number of hydrogen-bond donors (Lipinski definition) is 1. The van der Waals surface area contributed by atoms with Crippen LogP contribution in [-0.4, -0.2) is 14.8 Å². The second-order valence-corrected chi connectivity index (χ2v) is 6.41. The predicted molar refractivity (Wildman–Crippen MR) is 78.2 cm³/mol. The Labute approximate surface area is 140 Å².